The van der Waals surface area contributed by atoms with E-state index in [4.69, 9.17) is 4.42 Å². The zero-order valence-corrected chi connectivity index (χ0v) is 6.46. The predicted molar refractivity (Wildman–Crippen MR) is 30.2 cm³/mol. The fourth-order valence-corrected chi connectivity index (χ4v) is 0.565. The molecule has 0 radical (unpaired) electrons. The largest absolute Gasteiger partial charge is 1.00 e. The van der Waals surface area contributed by atoms with Crippen LogP contribution in [0.4, 0.5) is 0 Å². The van der Waals surface area contributed by atoms with Crippen molar-refractivity contribution >= 4 is 5.97 Å². The SMILES string of the molecule is CCc1cnc(C(=O)[O-])o1.[Li+]. The summed E-state index contributed by atoms with van der Waals surface area (Å²) in [4.78, 5) is 13.5. The molecule has 54 valence electrons. The van der Waals surface area contributed by atoms with E-state index in [2.05, 4.69) is 4.98 Å². The van der Waals surface area contributed by atoms with Crippen LogP contribution >= 0.6 is 0 Å². The molecule has 1 rings (SSSR count). The van der Waals surface area contributed by atoms with Crippen molar-refractivity contribution in [1.29, 1.82) is 0 Å². The molecule has 0 N–H and O–H groups in total. The van der Waals surface area contributed by atoms with Gasteiger partial charge in [0.15, 0.2) is 0 Å². The Morgan fingerprint density at radius 2 is 2.45 bits per heavy atom. The number of rotatable bonds is 2. The molecule has 0 spiro atoms. The zero-order chi connectivity index (χ0) is 7.56. The summed E-state index contributed by atoms with van der Waals surface area (Å²) >= 11 is 0. The van der Waals surface area contributed by atoms with Crippen LogP contribution in [0, 0.1) is 0 Å². The molecule has 0 aliphatic heterocycles. The number of aromatic carboxylic acids is 1. The Kier molecular flexibility index (Phi) is 3.94. The molecule has 0 saturated carbocycles. The van der Waals surface area contributed by atoms with Crippen molar-refractivity contribution in [2.24, 2.45) is 0 Å². The van der Waals surface area contributed by atoms with Gasteiger partial charge in [-0.2, -0.15) is 0 Å². The normalized spacial score (nSPS) is 8.82. The smallest absolute Gasteiger partial charge is 0.540 e. The van der Waals surface area contributed by atoms with Gasteiger partial charge in [-0.3, -0.25) is 0 Å². The number of carbonyl (C=O) groups excluding carboxylic acids is 1. The molecule has 0 atom stereocenters. The van der Waals surface area contributed by atoms with E-state index in [0.29, 0.717) is 12.2 Å². The van der Waals surface area contributed by atoms with Gasteiger partial charge in [0.05, 0.1) is 6.20 Å². The Morgan fingerprint density at radius 3 is 2.73 bits per heavy atom. The Hall–Kier alpha value is -0.723. The summed E-state index contributed by atoms with van der Waals surface area (Å²) in [6.07, 6.45) is 2.02. The van der Waals surface area contributed by atoms with Gasteiger partial charge in [0.2, 0.25) is 5.89 Å². The van der Waals surface area contributed by atoms with Gasteiger partial charge in [-0.05, 0) is 0 Å². The van der Waals surface area contributed by atoms with Crippen molar-refractivity contribution in [1.82, 2.24) is 4.98 Å². The van der Waals surface area contributed by atoms with Crippen molar-refractivity contribution in [3.63, 3.8) is 0 Å². The minimum atomic E-state index is -1.38. The summed E-state index contributed by atoms with van der Waals surface area (Å²) in [5.41, 5.74) is 0. The average Bonchev–Trinajstić information content (AvgIpc) is 2.34. The van der Waals surface area contributed by atoms with Crippen molar-refractivity contribution in [3.8, 4) is 0 Å². The van der Waals surface area contributed by atoms with Gasteiger partial charge < -0.3 is 14.3 Å². The van der Waals surface area contributed by atoms with E-state index in [1.807, 2.05) is 6.92 Å². The van der Waals surface area contributed by atoms with Crippen LogP contribution in [0.2, 0.25) is 0 Å². The van der Waals surface area contributed by atoms with E-state index >= 15 is 0 Å². The zero-order valence-electron chi connectivity index (χ0n) is 6.46. The number of hydrogen-bond acceptors (Lipinski definition) is 4. The van der Waals surface area contributed by atoms with E-state index in [1.54, 1.807) is 0 Å². The molecule has 0 bridgehead atoms. The maximum atomic E-state index is 10.1. The van der Waals surface area contributed by atoms with E-state index in [0.717, 1.165) is 0 Å². The van der Waals surface area contributed by atoms with Gasteiger partial charge in [-0.15, -0.1) is 0 Å². The second-order valence-corrected chi connectivity index (χ2v) is 1.77. The fourth-order valence-electron chi connectivity index (χ4n) is 0.565. The number of aryl methyl sites for hydroxylation is 1. The number of carboxylic acids is 1. The summed E-state index contributed by atoms with van der Waals surface area (Å²) in [5, 5.41) is 10.1. The number of oxazole rings is 1. The van der Waals surface area contributed by atoms with Crippen molar-refractivity contribution in [2.75, 3.05) is 0 Å². The maximum absolute atomic E-state index is 10.1. The first-order chi connectivity index (χ1) is 4.74. The summed E-state index contributed by atoms with van der Waals surface area (Å²) in [6, 6.07) is 0. The third-order valence-corrected chi connectivity index (χ3v) is 1.08. The van der Waals surface area contributed by atoms with Crippen LogP contribution in [0.5, 0.6) is 0 Å². The molecule has 0 saturated heterocycles. The molecule has 0 aromatic carbocycles. The van der Waals surface area contributed by atoms with E-state index in [-0.39, 0.29) is 24.8 Å². The summed E-state index contributed by atoms with van der Waals surface area (Å²) in [7, 11) is 0. The number of carboxylic acid groups (broad SMARTS) is 1. The van der Waals surface area contributed by atoms with Crippen LogP contribution in [0.3, 0.4) is 0 Å². The van der Waals surface area contributed by atoms with Crippen molar-refractivity contribution in [2.45, 2.75) is 13.3 Å². The molecule has 11 heavy (non-hydrogen) atoms. The maximum Gasteiger partial charge on any atom is 1.00 e. The molecule has 4 nitrogen and oxygen atoms in total. The predicted octanol–water partition coefficient (Wildman–Crippen LogP) is -3.40. The van der Waals surface area contributed by atoms with Crippen LogP contribution in [-0.4, -0.2) is 11.0 Å². The first-order valence-electron chi connectivity index (χ1n) is 2.90. The number of nitrogens with zero attached hydrogens (tertiary/aromatic N) is 1. The molecule has 0 fully saturated rings. The monoisotopic (exact) mass is 147 g/mol. The summed E-state index contributed by atoms with van der Waals surface area (Å²) in [6.45, 7) is 1.85. The molecule has 1 aromatic rings. The summed E-state index contributed by atoms with van der Waals surface area (Å²) in [5.74, 6) is -1.17. The molecule has 0 amide bonds. The van der Waals surface area contributed by atoms with Crippen LogP contribution in [-0.2, 0) is 6.42 Å². The second-order valence-electron chi connectivity index (χ2n) is 1.77. The van der Waals surface area contributed by atoms with Crippen LogP contribution in [0.1, 0.15) is 23.4 Å². The Bertz CT molecular complexity index is 246. The van der Waals surface area contributed by atoms with E-state index in [9.17, 15) is 9.90 Å². The minimum absolute atomic E-state index is 0. The Labute approximate surface area is 75.8 Å². The van der Waals surface area contributed by atoms with Gasteiger partial charge >= 0.3 is 18.9 Å². The standard InChI is InChI=1S/C6H7NO3.Li/c1-2-4-3-7-5(10-4)6(8)9;/h3H,2H2,1H3,(H,8,9);/q;+1/p-1. The molecule has 1 aromatic heterocycles. The van der Waals surface area contributed by atoms with Gasteiger partial charge in [0, 0.05) is 6.42 Å². The van der Waals surface area contributed by atoms with Gasteiger partial charge in [-0.25, -0.2) is 4.98 Å². The first kappa shape index (κ1) is 10.3. The quantitative estimate of drug-likeness (QED) is 0.409. The van der Waals surface area contributed by atoms with Crippen molar-refractivity contribution < 1.29 is 33.2 Å². The fraction of sp³-hybridized carbons (Fsp3) is 0.333. The average molecular weight is 147 g/mol. The van der Waals surface area contributed by atoms with Gasteiger partial charge in [0.25, 0.3) is 0 Å². The third kappa shape index (κ3) is 2.41. The second kappa shape index (κ2) is 4.22. The third-order valence-electron chi connectivity index (χ3n) is 1.08. The number of carbonyl (C=O) groups is 1. The molecule has 0 aliphatic carbocycles. The number of aromatic nitrogens is 1. The van der Waals surface area contributed by atoms with Crippen LogP contribution in [0.25, 0.3) is 0 Å². The Morgan fingerprint density at radius 1 is 1.82 bits per heavy atom. The van der Waals surface area contributed by atoms with E-state index < -0.39 is 5.97 Å². The number of hydrogen-bond donors (Lipinski definition) is 0. The molecule has 5 heteroatoms. The first-order valence-corrected chi connectivity index (χ1v) is 2.90. The van der Waals surface area contributed by atoms with E-state index in [1.165, 1.54) is 6.20 Å². The van der Waals surface area contributed by atoms with Crippen LogP contribution in [0.15, 0.2) is 10.6 Å². The minimum Gasteiger partial charge on any atom is -0.540 e. The summed E-state index contributed by atoms with van der Waals surface area (Å²) < 4.78 is 4.72. The van der Waals surface area contributed by atoms with Crippen molar-refractivity contribution in [3.05, 3.63) is 17.8 Å². The topological polar surface area (TPSA) is 66.2 Å². The molecule has 0 aliphatic rings. The molecular weight excluding hydrogens is 141 g/mol. The Balaban J connectivity index is 0.000001000. The van der Waals surface area contributed by atoms with Gasteiger partial charge in [-0.1, -0.05) is 6.92 Å². The van der Waals surface area contributed by atoms with Crippen LogP contribution < -0.4 is 24.0 Å². The van der Waals surface area contributed by atoms with Gasteiger partial charge in [0.1, 0.15) is 11.7 Å². The molecule has 0 unspecified atom stereocenters. The molecular formula is C6H6LiNO3. The molecule has 1 heterocycles.